The molecule has 0 fully saturated rings. The van der Waals surface area contributed by atoms with Gasteiger partial charge in [0.25, 0.3) is 0 Å². The van der Waals surface area contributed by atoms with E-state index in [2.05, 4.69) is 44.5 Å². The molecule has 0 spiro atoms. The van der Waals surface area contributed by atoms with E-state index in [1.54, 1.807) is 6.07 Å². The van der Waals surface area contributed by atoms with E-state index in [-0.39, 0.29) is 38.5 Å². The van der Waals surface area contributed by atoms with Crippen LogP contribution in [0.15, 0.2) is 45.5 Å². The molecule has 0 aliphatic carbocycles. The predicted molar refractivity (Wildman–Crippen MR) is 74.7 cm³/mol. The zero-order chi connectivity index (χ0) is 12.6. The number of rotatable bonds is 1. The monoisotopic (exact) mass is 445 g/mol. The van der Waals surface area contributed by atoms with Crippen LogP contribution in [0.5, 0.6) is 0 Å². The summed E-state index contributed by atoms with van der Waals surface area (Å²) in [7, 11) is 1.90. The normalized spacial score (nSPS) is 14.9. The Morgan fingerprint density at radius 3 is 2.61 bits per heavy atom. The second-order valence-corrected chi connectivity index (χ2v) is 5.32. The molecule has 1 radical (unpaired) electrons. The molecule has 1 aliphatic rings. The summed E-state index contributed by atoms with van der Waals surface area (Å²) >= 11 is 6.75. The third-order valence-corrected chi connectivity index (χ3v) is 3.88. The predicted octanol–water partition coefficient (Wildman–Crippen LogP) is 4.47. The van der Waals surface area contributed by atoms with Gasteiger partial charge in [0.2, 0.25) is 0 Å². The van der Waals surface area contributed by atoms with E-state index in [9.17, 15) is 4.39 Å². The average Bonchev–Trinajstić information content (AvgIpc) is 2.28. The molecular weight excluding hydrogens is 438 g/mol. The van der Waals surface area contributed by atoms with Crippen molar-refractivity contribution in [3.63, 3.8) is 0 Å². The van der Waals surface area contributed by atoms with Crippen molar-refractivity contribution in [3.05, 3.63) is 63.0 Å². The number of hydrogen-bond acceptors (Lipinski definition) is 1. The quantitative estimate of drug-likeness (QED) is 0.575. The Labute approximate surface area is 148 Å². The minimum atomic E-state index is -0.268. The Morgan fingerprint density at radius 1 is 1.33 bits per heavy atom. The molecule has 0 aromatic heterocycles. The van der Waals surface area contributed by atoms with Gasteiger partial charge in [-0.2, -0.15) is 12.2 Å². The fourth-order valence-electron chi connectivity index (χ4n) is 1.55. The van der Waals surface area contributed by atoms with Gasteiger partial charge in [-0.25, -0.2) is 4.39 Å². The van der Waals surface area contributed by atoms with Crippen LogP contribution in [-0.4, -0.2) is 11.9 Å². The molecule has 0 amide bonds. The molecule has 0 bridgehead atoms. The van der Waals surface area contributed by atoms with Gasteiger partial charge in [0.15, 0.2) is 0 Å². The number of hydrogen-bond donors (Lipinski definition) is 0. The second kappa shape index (κ2) is 6.60. The molecular formula is C13H9Br2FNY-. The fourth-order valence-corrected chi connectivity index (χ4v) is 2.47. The van der Waals surface area contributed by atoms with Gasteiger partial charge in [-0.05, 0) is 22.3 Å². The van der Waals surface area contributed by atoms with E-state index in [4.69, 9.17) is 0 Å². The molecule has 0 atom stereocenters. The summed E-state index contributed by atoms with van der Waals surface area (Å²) in [6, 6.07) is 4.59. The SMILES string of the molecule is C=C1C(Br)=C[C-]=C(c2ccc(F)cc2Br)N1C.[Y]. The van der Waals surface area contributed by atoms with Crippen LogP contribution >= 0.6 is 31.9 Å². The molecule has 1 aromatic rings. The van der Waals surface area contributed by atoms with Crippen molar-refractivity contribution in [2.45, 2.75) is 0 Å². The summed E-state index contributed by atoms with van der Waals surface area (Å²) in [6.07, 6.45) is 4.96. The van der Waals surface area contributed by atoms with E-state index in [1.165, 1.54) is 12.1 Å². The van der Waals surface area contributed by atoms with Crippen LogP contribution in [0.4, 0.5) is 4.39 Å². The zero-order valence-corrected chi connectivity index (χ0v) is 15.7. The minimum absolute atomic E-state index is 0. The summed E-state index contributed by atoms with van der Waals surface area (Å²) in [5, 5.41) is 0. The zero-order valence-electron chi connectivity index (χ0n) is 9.67. The van der Waals surface area contributed by atoms with Crippen molar-refractivity contribution in [1.29, 1.82) is 0 Å². The van der Waals surface area contributed by atoms with Crippen molar-refractivity contribution in [3.8, 4) is 0 Å². The number of nitrogens with zero attached hydrogens (tertiary/aromatic N) is 1. The maximum Gasteiger partial charge on any atom is 0.122 e. The van der Waals surface area contributed by atoms with Gasteiger partial charge in [0, 0.05) is 39.8 Å². The molecule has 0 saturated heterocycles. The van der Waals surface area contributed by atoms with Crippen LogP contribution in [0, 0.1) is 11.9 Å². The third-order valence-electron chi connectivity index (χ3n) is 2.54. The van der Waals surface area contributed by atoms with E-state index in [1.807, 2.05) is 18.0 Å². The van der Waals surface area contributed by atoms with Gasteiger partial charge in [0.1, 0.15) is 5.82 Å². The smallest absolute Gasteiger partial charge is 0.122 e. The molecule has 91 valence electrons. The van der Waals surface area contributed by atoms with Gasteiger partial charge < -0.3 is 4.90 Å². The molecule has 18 heavy (non-hydrogen) atoms. The largest absolute Gasteiger partial charge is 0.377 e. The average molecular weight is 447 g/mol. The molecule has 1 aromatic carbocycles. The Hall–Kier alpha value is 0.234. The standard InChI is InChI=1S/C13H9Br2FN.Y/c1-8-11(14)5-6-13(17(8)2)10-4-3-9(16)7-12(10)15;/h3-5,7H,1H2,2H3;/q-1;. The molecule has 5 heteroatoms. The first-order valence-corrected chi connectivity index (χ1v) is 6.47. The van der Waals surface area contributed by atoms with Crippen molar-refractivity contribution < 1.29 is 37.1 Å². The van der Waals surface area contributed by atoms with E-state index in [0.29, 0.717) is 4.47 Å². The number of likely N-dealkylation sites (N-methyl/N-ethyl adjacent to an activating group) is 1. The van der Waals surface area contributed by atoms with Crippen LogP contribution in [-0.2, 0) is 32.7 Å². The van der Waals surface area contributed by atoms with Gasteiger partial charge in [-0.1, -0.05) is 38.3 Å². The molecule has 1 nitrogen and oxygen atoms in total. The number of halogens is 3. The maximum absolute atomic E-state index is 13.0. The van der Waals surface area contributed by atoms with Gasteiger partial charge in [0.05, 0.1) is 0 Å². The molecule has 0 saturated carbocycles. The van der Waals surface area contributed by atoms with Crippen LogP contribution in [0.25, 0.3) is 5.70 Å². The van der Waals surface area contributed by atoms with Crippen LogP contribution in [0.1, 0.15) is 5.56 Å². The van der Waals surface area contributed by atoms with Crippen molar-refractivity contribution >= 4 is 37.6 Å². The third kappa shape index (κ3) is 3.21. The summed E-state index contributed by atoms with van der Waals surface area (Å²) in [5.41, 5.74) is 2.58. The maximum atomic E-state index is 13.0. The van der Waals surface area contributed by atoms with Crippen LogP contribution < -0.4 is 0 Å². The first-order chi connectivity index (χ1) is 8.00. The van der Waals surface area contributed by atoms with Crippen LogP contribution in [0.2, 0.25) is 0 Å². The summed E-state index contributed by atoms with van der Waals surface area (Å²) in [4.78, 5) is 1.90. The van der Waals surface area contributed by atoms with E-state index < -0.39 is 0 Å². The first kappa shape index (κ1) is 16.3. The molecule has 0 N–H and O–H groups in total. The van der Waals surface area contributed by atoms with E-state index >= 15 is 0 Å². The van der Waals surface area contributed by atoms with Gasteiger partial charge >= 0.3 is 0 Å². The Morgan fingerprint density at radius 2 is 2.00 bits per heavy atom. The molecule has 2 rings (SSSR count). The molecule has 1 heterocycles. The van der Waals surface area contributed by atoms with Crippen molar-refractivity contribution in [1.82, 2.24) is 4.90 Å². The Kier molecular flexibility index (Phi) is 5.97. The summed E-state index contributed by atoms with van der Waals surface area (Å²) in [5.74, 6) is -0.268. The van der Waals surface area contributed by atoms with Crippen molar-refractivity contribution in [2.24, 2.45) is 0 Å². The first-order valence-electron chi connectivity index (χ1n) is 4.88. The Balaban J connectivity index is 0.00000162. The summed E-state index contributed by atoms with van der Waals surface area (Å²) in [6.45, 7) is 3.96. The van der Waals surface area contributed by atoms with Gasteiger partial charge in [-0.15, -0.1) is 22.0 Å². The second-order valence-electron chi connectivity index (χ2n) is 3.62. The number of benzene rings is 1. The fraction of sp³-hybridized carbons (Fsp3) is 0.0769. The van der Waals surface area contributed by atoms with Crippen molar-refractivity contribution in [2.75, 3.05) is 7.05 Å². The molecule has 0 unspecified atom stereocenters. The topological polar surface area (TPSA) is 3.24 Å². The van der Waals surface area contributed by atoms with Gasteiger partial charge in [-0.3, -0.25) is 0 Å². The van der Waals surface area contributed by atoms with E-state index in [0.717, 1.165) is 21.4 Å². The minimum Gasteiger partial charge on any atom is -0.377 e. The summed E-state index contributed by atoms with van der Waals surface area (Å²) < 4.78 is 14.6. The Bertz CT molecular complexity index is 552. The van der Waals surface area contributed by atoms with Crippen LogP contribution in [0.3, 0.4) is 0 Å². The number of allylic oxidation sites excluding steroid dienone is 3. The molecule has 1 aliphatic heterocycles.